The van der Waals surface area contributed by atoms with Gasteiger partial charge < -0.3 is 10.1 Å². The lowest BCUT2D eigenvalue weighted by atomic mass is 10.1. The van der Waals surface area contributed by atoms with Crippen LogP contribution in [0.15, 0.2) is 24.3 Å². The van der Waals surface area contributed by atoms with Crippen LogP contribution in [0, 0.1) is 0 Å². The van der Waals surface area contributed by atoms with Crippen molar-refractivity contribution in [1.82, 2.24) is 5.32 Å². The van der Waals surface area contributed by atoms with Crippen LogP contribution in [0.5, 0.6) is 0 Å². The number of benzene rings is 1. The maximum absolute atomic E-state index is 5.58. The Bertz CT molecular complexity index is 273. The molecule has 0 aliphatic carbocycles. The highest BCUT2D eigenvalue weighted by atomic mass is 16.5. The molecular weight excluding hydrogens is 186 g/mol. The normalized spacial score (nSPS) is 10.5. The zero-order chi connectivity index (χ0) is 10.9. The third-order valence-corrected chi connectivity index (χ3v) is 2.38. The minimum atomic E-state index is 0.734. The molecule has 0 aromatic heterocycles. The van der Waals surface area contributed by atoms with Crippen molar-refractivity contribution >= 4 is 0 Å². The molecule has 0 aliphatic rings. The van der Waals surface area contributed by atoms with E-state index in [-0.39, 0.29) is 0 Å². The van der Waals surface area contributed by atoms with Crippen LogP contribution in [0.2, 0.25) is 0 Å². The van der Waals surface area contributed by atoms with Crippen LogP contribution in [0.4, 0.5) is 0 Å². The summed E-state index contributed by atoms with van der Waals surface area (Å²) in [5.74, 6) is 0. The molecule has 0 fully saturated rings. The summed E-state index contributed by atoms with van der Waals surface area (Å²) < 4.78 is 5.58. The largest absolute Gasteiger partial charge is 0.377 e. The second kappa shape index (κ2) is 7.43. The minimum absolute atomic E-state index is 0.734. The lowest BCUT2D eigenvalue weighted by Gasteiger charge is -2.05. The quantitative estimate of drug-likeness (QED) is 0.693. The summed E-state index contributed by atoms with van der Waals surface area (Å²) in [4.78, 5) is 0. The van der Waals surface area contributed by atoms with Crippen LogP contribution in [-0.2, 0) is 17.8 Å². The molecule has 2 nitrogen and oxygen atoms in total. The highest BCUT2D eigenvalue weighted by Gasteiger charge is 1.94. The maximum Gasteiger partial charge on any atom is 0.0716 e. The molecule has 0 saturated carbocycles. The van der Waals surface area contributed by atoms with Gasteiger partial charge >= 0.3 is 0 Å². The summed E-state index contributed by atoms with van der Waals surface area (Å²) in [6, 6.07) is 8.60. The minimum Gasteiger partial charge on any atom is -0.377 e. The third kappa shape index (κ3) is 4.96. The van der Waals surface area contributed by atoms with E-state index in [0.29, 0.717) is 0 Å². The van der Waals surface area contributed by atoms with Gasteiger partial charge in [-0.05, 0) is 37.6 Å². The predicted octanol–water partition coefficient (Wildman–Crippen LogP) is 2.38. The number of hydrogen-bond donors (Lipinski definition) is 1. The van der Waals surface area contributed by atoms with Gasteiger partial charge in [-0.1, -0.05) is 31.2 Å². The van der Waals surface area contributed by atoms with Crippen LogP contribution in [0.3, 0.4) is 0 Å². The van der Waals surface area contributed by atoms with Crippen molar-refractivity contribution in [2.24, 2.45) is 0 Å². The first kappa shape index (κ1) is 12.2. The topological polar surface area (TPSA) is 21.3 Å². The molecule has 2 heteroatoms. The van der Waals surface area contributed by atoms with Gasteiger partial charge in [-0.3, -0.25) is 0 Å². The van der Waals surface area contributed by atoms with E-state index in [1.165, 1.54) is 11.1 Å². The maximum atomic E-state index is 5.58. The fourth-order valence-electron chi connectivity index (χ4n) is 1.48. The SMILES string of the molecule is CCc1cccc(COCCCNC)c1. The molecule has 0 bridgehead atoms. The van der Waals surface area contributed by atoms with Crippen molar-refractivity contribution in [3.8, 4) is 0 Å². The summed E-state index contributed by atoms with van der Waals surface area (Å²) in [5.41, 5.74) is 2.66. The Hall–Kier alpha value is -0.860. The van der Waals surface area contributed by atoms with Crippen molar-refractivity contribution in [3.05, 3.63) is 35.4 Å². The zero-order valence-corrected chi connectivity index (χ0v) is 9.75. The van der Waals surface area contributed by atoms with Gasteiger partial charge in [0.25, 0.3) is 0 Å². The molecule has 0 unspecified atom stereocenters. The first-order chi connectivity index (χ1) is 7.36. The van der Waals surface area contributed by atoms with Crippen LogP contribution in [-0.4, -0.2) is 20.2 Å². The number of aryl methyl sites for hydroxylation is 1. The van der Waals surface area contributed by atoms with E-state index >= 15 is 0 Å². The molecular formula is C13H21NO. The van der Waals surface area contributed by atoms with Gasteiger partial charge in [-0.15, -0.1) is 0 Å². The molecule has 0 atom stereocenters. The molecule has 1 aromatic carbocycles. The summed E-state index contributed by atoms with van der Waals surface area (Å²) in [5, 5.41) is 3.10. The molecule has 0 saturated heterocycles. The van der Waals surface area contributed by atoms with E-state index in [1.54, 1.807) is 0 Å². The van der Waals surface area contributed by atoms with Crippen molar-refractivity contribution in [2.45, 2.75) is 26.4 Å². The van der Waals surface area contributed by atoms with Crippen molar-refractivity contribution in [3.63, 3.8) is 0 Å². The van der Waals surface area contributed by atoms with Crippen molar-refractivity contribution in [1.29, 1.82) is 0 Å². The summed E-state index contributed by atoms with van der Waals surface area (Å²) in [6.45, 7) is 4.76. The Labute approximate surface area is 92.6 Å². The molecule has 1 rings (SSSR count). The van der Waals surface area contributed by atoms with Gasteiger partial charge in [0.1, 0.15) is 0 Å². The van der Waals surface area contributed by atoms with Gasteiger partial charge in [-0.2, -0.15) is 0 Å². The van der Waals surface area contributed by atoms with E-state index in [2.05, 4.69) is 36.5 Å². The second-order valence-corrected chi connectivity index (χ2v) is 3.68. The van der Waals surface area contributed by atoms with Gasteiger partial charge in [0, 0.05) is 6.61 Å². The van der Waals surface area contributed by atoms with E-state index in [4.69, 9.17) is 4.74 Å². The van der Waals surface area contributed by atoms with E-state index in [9.17, 15) is 0 Å². The van der Waals surface area contributed by atoms with Gasteiger partial charge in [0.05, 0.1) is 6.61 Å². The van der Waals surface area contributed by atoms with E-state index in [1.807, 2.05) is 7.05 Å². The first-order valence-corrected chi connectivity index (χ1v) is 5.67. The monoisotopic (exact) mass is 207 g/mol. The molecule has 84 valence electrons. The number of nitrogens with one attached hydrogen (secondary N) is 1. The molecule has 0 heterocycles. The van der Waals surface area contributed by atoms with Gasteiger partial charge in [0.15, 0.2) is 0 Å². The molecule has 15 heavy (non-hydrogen) atoms. The summed E-state index contributed by atoms with van der Waals surface area (Å²) in [6.07, 6.45) is 2.16. The highest BCUT2D eigenvalue weighted by Crippen LogP contribution is 2.07. The highest BCUT2D eigenvalue weighted by molar-refractivity contribution is 5.22. The number of ether oxygens (including phenoxy) is 1. The lowest BCUT2D eigenvalue weighted by molar-refractivity contribution is 0.119. The lowest BCUT2D eigenvalue weighted by Crippen LogP contribution is -2.10. The molecule has 1 aromatic rings. The molecule has 0 aliphatic heterocycles. The van der Waals surface area contributed by atoms with Crippen LogP contribution in [0.1, 0.15) is 24.5 Å². The number of hydrogen-bond acceptors (Lipinski definition) is 2. The second-order valence-electron chi connectivity index (χ2n) is 3.68. The fraction of sp³-hybridized carbons (Fsp3) is 0.538. The standard InChI is InChI=1S/C13H21NO/c1-3-12-6-4-7-13(10-12)11-15-9-5-8-14-2/h4,6-7,10,14H,3,5,8-9,11H2,1-2H3. The van der Waals surface area contributed by atoms with Gasteiger partial charge in [0.2, 0.25) is 0 Å². The van der Waals surface area contributed by atoms with Crippen LogP contribution >= 0.6 is 0 Å². The summed E-state index contributed by atoms with van der Waals surface area (Å²) >= 11 is 0. The average Bonchev–Trinajstić information content (AvgIpc) is 2.29. The Morgan fingerprint density at radius 3 is 2.80 bits per heavy atom. The fourth-order valence-corrected chi connectivity index (χ4v) is 1.48. The first-order valence-electron chi connectivity index (χ1n) is 5.67. The van der Waals surface area contributed by atoms with Crippen molar-refractivity contribution in [2.75, 3.05) is 20.2 Å². The third-order valence-electron chi connectivity index (χ3n) is 2.38. The summed E-state index contributed by atoms with van der Waals surface area (Å²) in [7, 11) is 1.96. The Morgan fingerprint density at radius 1 is 1.27 bits per heavy atom. The van der Waals surface area contributed by atoms with Gasteiger partial charge in [-0.25, -0.2) is 0 Å². The van der Waals surface area contributed by atoms with E-state index < -0.39 is 0 Å². The molecule has 0 radical (unpaired) electrons. The average molecular weight is 207 g/mol. The van der Waals surface area contributed by atoms with Crippen LogP contribution < -0.4 is 5.32 Å². The van der Waals surface area contributed by atoms with Crippen LogP contribution in [0.25, 0.3) is 0 Å². The molecule has 0 spiro atoms. The predicted molar refractivity (Wildman–Crippen MR) is 64.0 cm³/mol. The Morgan fingerprint density at radius 2 is 2.07 bits per heavy atom. The Balaban J connectivity index is 2.24. The Kier molecular flexibility index (Phi) is 6.05. The molecule has 0 amide bonds. The van der Waals surface area contributed by atoms with Crippen molar-refractivity contribution < 1.29 is 4.74 Å². The number of rotatable bonds is 7. The zero-order valence-electron chi connectivity index (χ0n) is 9.75. The molecule has 1 N–H and O–H groups in total. The van der Waals surface area contributed by atoms with E-state index in [0.717, 1.165) is 32.6 Å². The smallest absolute Gasteiger partial charge is 0.0716 e.